The summed E-state index contributed by atoms with van der Waals surface area (Å²) in [5, 5.41) is 6.15. The van der Waals surface area contributed by atoms with E-state index in [0.29, 0.717) is 19.0 Å². The zero-order chi connectivity index (χ0) is 10.7. The predicted octanol–water partition coefficient (Wildman–Crippen LogP) is 1.27. The van der Waals surface area contributed by atoms with Crippen molar-refractivity contribution in [3.05, 3.63) is 16.6 Å². The third-order valence-corrected chi connectivity index (χ3v) is 3.50. The zero-order valence-corrected chi connectivity index (χ0v) is 9.63. The summed E-state index contributed by atoms with van der Waals surface area (Å²) in [7, 11) is 1.91. The number of thiazole rings is 1. The van der Waals surface area contributed by atoms with E-state index in [1.807, 2.05) is 12.4 Å². The van der Waals surface area contributed by atoms with E-state index < -0.39 is 6.17 Å². The summed E-state index contributed by atoms with van der Waals surface area (Å²) in [6.45, 7) is 2.18. The van der Waals surface area contributed by atoms with Crippen LogP contribution in [0.25, 0.3) is 0 Å². The highest BCUT2D eigenvalue weighted by atomic mass is 32.1. The molecule has 1 N–H and O–H groups in total. The fourth-order valence-corrected chi connectivity index (χ4v) is 2.71. The van der Waals surface area contributed by atoms with Crippen LogP contribution in [0.3, 0.4) is 0 Å². The van der Waals surface area contributed by atoms with Gasteiger partial charge in [-0.2, -0.15) is 0 Å². The molecule has 5 heteroatoms. The lowest BCUT2D eigenvalue weighted by atomic mass is 10.2. The van der Waals surface area contributed by atoms with E-state index in [9.17, 15) is 4.39 Å². The Bertz CT molecular complexity index is 291. The highest BCUT2D eigenvalue weighted by Crippen LogP contribution is 2.22. The first kappa shape index (κ1) is 11.0. The molecule has 0 saturated carbocycles. The van der Waals surface area contributed by atoms with E-state index in [4.69, 9.17) is 0 Å². The van der Waals surface area contributed by atoms with Crippen LogP contribution in [-0.2, 0) is 6.54 Å². The number of likely N-dealkylation sites (N-methyl/N-ethyl adjacent to an activating group) is 1. The summed E-state index contributed by atoms with van der Waals surface area (Å²) in [4.78, 5) is 6.41. The van der Waals surface area contributed by atoms with Crippen LogP contribution in [0.15, 0.2) is 11.6 Å². The second kappa shape index (κ2) is 5.01. The molecule has 1 saturated heterocycles. The van der Waals surface area contributed by atoms with Crippen molar-refractivity contribution in [1.29, 1.82) is 0 Å². The van der Waals surface area contributed by atoms with Crippen molar-refractivity contribution in [2.24, 2.45) is 0 Å². The van der Waals surface area contributed by atoms with Gasteiger partial charge in [0.25, 0.3) is 0 Å². The molecule has 0 unspecified atom stereocenters. The van der Waals surface area contributed by atoms with Crippen LogP contribution in [0, 0.1) is 0 Å². The summed E-state index contributed by atoms with van der Waals surface area (Å²) < 4.78 is 13.3. The van der Waals surface area contributed by atoms with Gasteiger partial charge in [0.2, 0.25) is 0 Å². The molecule has 0 aliphatic carbocycles. The van der Waals surface area contributed by atoms with Gasteiger partial charge in [0.05, 0.1) is 6.54 Å². The second-order valence-corrected chi connectivity index (χ2v) is 4.88. The molecule has 2 heterocycles. The molecular formula is C10H16FN3S. The Balaban J connectivity index is 1.94. The normalized spacial score (nSPS) is 27.3. The number of nitrogens with zero attached hydrogens (tertiary/aromatic N) is 2. The molecule has 0 amide bonds. The maximum Gasteiger partial charge on any atom is 0.114 e. The fraction of sp³-hybridized carbons (Fsp3) is 0.700. The van der Waals surface area contributed by atoms with Crippen LogP contribution in [0.5, 0.6) is 0 Å². The van der Waals surface area contributed by atoms with Crippen LogP contribution in [-0.4, -0.2) is 42.2 Å². The van der Waals surface area contributed by atoms with Gasteiger partial charge in [0, 0.05) is 30.7 Å². The number of hydrogen-bond donors (Lipinski definition) is 1. The minimum atomic E-state index is -0.677. The summed E-state index contributed by atoms with van der Waals surface area (Å²) in [6.07, 6.45) is 1.77. The molecule has 1 aliphatic heterocycles. The van der Waals surface area contributed by atoms with Crippen LogP contribution < -0.4 is 5.32 Å². The molecule has 1 aromatic rings. The minimum Gasteiger partial charge on any atom is -0.318 e. The molecule has 3 nitrogen and oxygen atoms in total. The number of alkyl halides is 1. The first-order valence-electron chi connectivity index (χ1n) is 5.20. The van der Waals surface area contributed by atoms with E-state index >= 15 is 0 Å². The van der Waals surface area contributed by atoms with Gasteiger partial charge in [0.1, 0.15) is 11.2 Å². The molecule has 1 aliphatic rings. The van der Waals surface area contributed by atoms with E-state index in [2.05, 4.69) is 15.2 Å². The zero-order valence-electron chi connectivity index (χ0n) is 8.82. The van der Waals surface area contributed by atoms with Crippen molar-refractivity contribution < 1.29 is 4.39 Å². The van der Waals surface area contributed by atoms with Crippen molar-refractivity contribution in [3.63, 3.8) is 0 Å². The molecule has 0 spiro atoms. The minimum absolute atomic E-state index is 0.314. The molecule has 1 fully saturated rings. The van der Waals surface area contributed by atoms with Gasteiger partial charge < -0.3 is 5.32 Å². The molecule has 84 valence electrons. The van der Waals surface area contributed by atoms with Crippen molar-refractivity contribution in [2.75, 3.05) is 20.1 Å². The summed E-state index contributed by atoms with van der Waals surface area (Å²) in [6, 6.07) is 0.314. The van der Waals surface area contributed by atoms with E-state index in [0.717, 1.165) is 18.1 Å². The monoisotopic (exact) mass is 229 g/mol. The summed E-state index contributed by atoms with van der Waals surface area (Å²) in [5.41, 5.74) is 0. The Hall–Kier alpha value is -0.520. The molecule has 15 heavy (non-hydrogen) atoms. The molecular weight excluding hydrogens is 213 g/mol. The number of likely N-dealkylation sites (tertiary alicyclic amines) is 1. The Morgan fingerprint density at radius 1 is 1.73 bits per heavy atom. The maximum atomic E-state index is 13.3. The SMILES string of the molecule is CNC[C@H]1C[C@H](F)CN1Cc1nccs1. The summed E-state index contributed by atoms with van der Waals surface area (Å²) >= 11 is 1.64. The smallest absolute Gasteiger partial charge is 0.114 e. The molecule has 0 radical (unpaired) electrons. The third-order valence-electron chi connectivity index (χ3n) is 2.74. The average molecular weight is 229 g/mol. The van der Waals surface area contributed by atoms with Crippen LogP contribution in [0.1, 0.15) is 11.4 Å². The average Bonchev–Trinajstić information content (AvgIpc) is 2.78. The Morgan fingerprint density at radius 2 is 2.60 bits per heavy atom. The Labute approximate surface area is 93.3 Å². The topological polar surface area (TPSA) is 28.2 Å². The van der Waals surface area contributed by atoms with E-state index in [1.54, 1.807) is 17.5 Å². The number of halogens is 1. The predicted molar refractivity (Wildman–Crippen MR) is 59.8 cm³/mol. The third kappa shape index (κ3) is 2.74. The van der Waals surface area contributed by atoms with Gasteiger partial charge in [-0.3, -0.25) is 4.90 Å². The van der Waals surface area contributed by atoms with Gasteiger partial charge in [0.15, 0.2) is 0 Å². The lowest BCUT2D eigenvalue weighted by molar-refractivity contribution is 0.232. The van der Waals surface area contributed by atoms with Gasteiger partial charge in [-0.25, -0.2) is 9.37 Å². The fourth-order valence-electron chi connectivity index (χ4n) is 2.07. The van der Waals surface area contributed by atoms with Crippen molar-refractivity contribution in [3.8, 4) is 0 Å². The van der Waals surface area contributed by atoms with E-state index in [1.165, 1.54) is 0 Å². The van der Waals surface area contributed by atoms with E-state index in [-0.39, 0.29) is 0 Å². The van der Waals surface area contributed by atoms with Crippen molar-refractivity contribution in [2.45, 2.75) is 25.2 Å². The molecule has 2 rings (SSSR count). The molecule has 0 aromatic carbocycles. The molecule has 2 atom stereocenters. The number of rotatable bonds is 4. The highest BCUT2D eigenvalue weighted by Gasteiger charge is 2.31. The Kier molecular flexibility index (Phi) is 3.66. The van der Waals surface area contributed by atoms with Crippen LogP contribution >= 0.6 is 11.3 Å². The number of nitrogens with one attached hydrogen (secondary N) is 1. The molecule has 0 bridgehead atoms. The highest BCUT2D eigenvalue weighted by molar-refractivity contribution is 7.09. The quantitative estimate of drug-likeness (QED) is 0.843. The van der Waals surface area contributed by atoms with Crippen LogP contribution in [0.2, 0.25) is 0 Å². The van der Waals surface area contributed by atoms with Crippen molar-refractivity contribution in [1.82, 2.24) is 15.2 Å². The standard InChI is InChI=1S/C10H16FN3S/c1-12-5-9-4-8(11)6-14(9)7-10-13-2-3-15-10/h2-3,8-9,12H,4-7H2,1H3/t8-,9+/m0/s1. The summed E-state index contributed by atoms with van der Waals surface area (Å²) in [5.74, 6) is 0. The van der Waals surface area contributed by atoms with Gasteiger partial charge >= 0.3 is 0 Å². The number of hydrogen-bond acceptors (Lipinski definition) is 4. The lowest BCUT2D eigenvalue weighted by Gasteiger charge is -2.22. The van der Waals surface area contributed by atoms with Gasteiger partial charge in [-0.15, -0.1) is 11.3 Å². The van der Waals surface area contributed by atoms with Gasteiger partial charge in [-0.05, 0) is 13.5 Å². The molecule has 1 aromatic heterocycles. The second-order valence-electron chi connectivity index (χ2n) is 3.90. The van der Waals surface area contributed by atoms with Crippen molar-refractivity contribution >= 4 is 11.3 Å². The lowest BCUT2D eigenvalue weighted by Crippen LogP contribution is -2.36. The largest absolute Gasteiger partial charge is 0.318 e. The van der Waals surface area contributed by atoms with Gasteiger partial charge in [-0.1, -0.05) is 0 Å². The maximum absolute atomic E-state index is 13.3. The first-order chi connectivity index (χ1) is 7.29. The number of aromatic nitrogens is 1. The Morgan fingerprint density at radius 3 is 3.27 bits per heavy atom. The first-order valence-corrected chi connectivity index (χ1v) is 6.08. The van der Waals surface area contributed by atoms with Crippen LogP contribution in [0.4, 0.5) is 4.39 Å².